The second kappa shape index (κ2) is 6.67. The number of hydrogen-bond acceptors (Lipinski definition) is 4. The second-order valence-electron chi connectivity index (χ2n) is 5.27. The number of carbonyl (C=O) groups excluding carboxylic acids is 1. The number of carbonyl (C=O) groups is 1. The summed E-state index contributed by atoms with van der Waals surface area (Å²) >= 11 is 6.10. The second-order valence-corrected chi connectivity index (χ2v) is 5.68. The van der Waals surface area contributed by atoms with Crippen LogP contribution in [0.1, 0.15) is 22.3 Å². The van der Waals surface area contributed by atoms with Gasteiger partial charge in [0.2, 0.25) is 0 Å². The predicted molar refractivity (Wildman–Crippen MR) is 85.3 cm³/mol. The van der Waals surface area contributed by atoms with Gasteiger partial charge in [-0.05, 0) is 30.3 Å². The standard InChI is InChI=1S/C17H14ClN3O2/c18-16-2-1-12(10-19)9-15(16)17(22)21-8-5-14(11-21)23-13-3-6-20-7-4-13/h1-4,6-7,9,14H,5,8,11H2/t14-/m1/s1. The third kappa shape index (κ3) is 3.43. The van der Waals surface area contributed by atoms with E-state index in [1.54, 1.807) is 41.6 Å². The van der Waals surface area contributed by atoms with Gasteiger partial charge in [-0.15, -0.1) is 0 Å². The van der Waals surface area contributed by atoms with Gasteiger partial charge in [0.05, 0.1) is 28.8 Å². The summed E-state index contributed by atoms with van der Waals surface area (Å²) in [4.78, 5) is 18.2. The molecule has 2 aromatic rings. The molecule has 0 spiro atoms. The van der Waals surface area contributed by atoms with Crippen LogP contribution >= 0.6 is 11.6 Å². The van der Waals surface area contributed by atoms with Crippen LogP contribution in [0.4, 0.5) is 0 Å². The van der Waals surface area contributed by atoms with E-state index < -0.39 is 0 Å². The number of pyridine rings is 1. The molecule has 0 N–H and O–H groups in total. The molecule has 1 aromatic heterocycles. The van der Waals surface area contributed by atoms with Crippen LogP contribution in [0.5, 0.6) is 5.75 Å². The quantitative estimate of drug-likeness (QED) is 0.869. The largest absolute Gasteiger partial charge is 0.488 e. The van der Waals surface area contributed by atoms with E-state index in [1.165, 1.54) is 6.07 Å². The number of aromatic nitrogens is 1. The van der Waals surface area contributed by atoms with Crippen molar-refractivity contribution in [1.29, 1.82) is 5.26 Å². The summed E-state index contributed by atoms with van der Waals surface area (Å²) in [6.07, 6.45) is 4.03. The summed E-state index contributed by atoms with van der Waals surface area (Å²) in [6.45, 7) is 1.09. The number of nitriles is 1. The van der Waals surface area contributed by atoms with Gasteiger partial charge in [0.15, 0.2) is 0 Å². The fourth-order valence-corrected chi connectivity index (χ4v) is 2.75. The lowest BCUT2D eigenvalue weighted by Gasteiger charge is -2.18. The maximum Gasteiger partial charge on any atom is 0.255 e. The molecule has 1 aromatic carbocycles. The molecule has 2 heterocycles. The van der Waals surface area contributed by atoms with Crippen LogP contribution < -0.4 is 4.74 Å². The van der Waals surface area contributed by atoms with Crippen molar-refractivity contribution < 1.29 is 9.53 Å². The minimum atomic E-state index is -0.173. The number of ether oxygens (including phenoxy) is 1. The van der Waals surface area contributed by atoms with Gasteiger partial charge in [-0.1, -0.05) is 11.6 Å². The van der Waals surface area contributed by atoms with E-state index in [9.17, 15) is 4.79 Å². The average Bonchev–Trinajstić information content (AvgIpc) is 3.04. The van der Waals surface area contributed by atoms with Crippen molar-refractivity contribution in [3.05, 3.63) is 58.9 Å². The number of rotatable bonds is 3. The van der Waals surface area contributed by atoms with Crippen LogP contribution in [0.15, 0.2) is 42.7 Å². The summed E-state index contributed by atoms with van der Waals surface area (Å²) in [7, 11) is 0. The van der Waals surface area contributed by atoms with Gasteiger partial charge in [-0.3, -0.25) is 9.78 Å². The first-order chi connectivity index (χ1) is 11.2. The summed E-state index contributed by atoms with van der Waals surface area (Å²) in [5, 5.41) is 9.32. The molecule has 23 heavy (non-hydrogen) atoms. The molecule has 6 heteroatoms. The van der Waals surface area contributed by atoms with Crippen LogP contribution in [0.3, 0.4) is 0 Å². The molecule has 5 nitrogen and oxygen atoms in total. The highest BCUT2D eigenvalue weighted by molar-refractivity contribution is 6.33. The smallest absolute Gasteiger partial charge is 0.255 e. The molecule has 1 fully saturated rings. The zero-order chi connectivity index (χ0) is 16.2. The highest BCUT2D eigenvalue weighted by atomic mass is 35.5. The highest BCUT2D eigenvalue weighted by Crippen LogP contribution is 2.23. The van der Waals surface area contributed by atoms with Crippen LogP contribution in [0.25, 0.3) is 0 Å². The molecule has 0 saturated carbocycles. The first-order valence-electron chi connectivity index (χ1n) is 7.23. The molecule has 3 rings (SSSR count). The normalized spacial score (nSPS) is 16.9. The van der Waals surface area contributed by atoms with Gasteiger partial charge in [-0.25, -0.2) is 0 Å². The summed E-state index contributed by atoms with van der Waals surface area (Å²) < 4.78 is 5.85. The molecule has 1 saturated heterocycles. The monoisotopic (exact) mass is 327 g/mol. The molecule has 0 aliphatic carbocycles. The van der Waals surface area contributed by atoms with Crippen LogP contribution in [-0.4, -0.2) is 35.0 Å². The summed E-state index contributed by atoms with van der Waals surface area (Å²) in [5.74, 6) is 0.566. The summed E-state index contributed by atoms with van der Waals surface area (Å²) in [5.41, 5.74) is 0.775. The number of halogens is 1. The number of nitrogens with zero attached hydrogens (tertiary/aromatic N) is 3. The van der Waals surface area contributed by atoms with E-state index in [2.05, 4.69) is 4.98 Å². The number of amides is 1. The topological polar surface area (TPSA) is 66.2 Å². The van der Waals surface area contributed by atoms with Crippen LogP contribution in [-0.2, 0) is 0 Å². The predicted octanol–water partition coefficient (Wildman–Crippen LogP) is 2.90. The Labute approximate surface area is 139 Å². The lowest BCUT2D eigenvalue weighted by Crippen LogP contribution is -2.31. The minimum Gasteiger partial charge on any atom is -0.488 e. The molecule has 1 amide bonds. The molecule has 1 aliphatic rings. The van der Waals surface area contributed by atoms with Gasteiger partial charge < -0.3 is 9.64 Å². The molecule has 0 unspecified atom stereocenters. The number of hydrogen-bond donors (Lipinski definition) is 0. The van der Waals surface area contributed by atoms with E-state index in [4.69, 9.17) is 21.6 Å². The molecule has 1 aliphatic heterocycles. The van der Waals surface area contributed by atoms with E-state index in [-0.39, 0.29) is 12.0 Å². The lowest BCUT2D eigenvalue weighted by atomic mass is 10.1. The number of likely N-dealkylation sites (tertiary alicyclic amines) is 1. The lowest BCUT2D eigenvalue weighted by molar-refractivity contribution is 0.0772. The summed E-state index contributed by atoms with van der Waals surface area (Å²) in [6, 6.07) is 10.3. The Bertz CT molecular complexity index is 758. The zero-order valence-electron chi connectivity index (χ0n) is 12.3. The van der Waals surface area contributed by atoms with Crippen molar-refractivity contribution >= 4 is 17.5 Å². The van der Waals surface area contributed by atoms with E-state index >= 15 is 0 Å². The van der Waals surface area contributed by atoms with E-state index in [0.29, 0.717) is 29.2 Å². The average molecular weight is 328 g/mol. The van der Waals surface area contributed by atoms with Gasteiger partial charge in [0, 0.05) is 25.4 Å². The Morgan fingerprint density at radius 2 is 2.13 bits per heavy atom. The molecular weight excluding hydrogens is 314 g/mol. The van der Waals surface area contributed by atoms with Gasteiger partial charge in [0.1, 0.15) is 11.9 Å². The number of benzene rings is 1. The fraction of sp³-hybridized carbons (Fsp3) is 0.235. The molecule has 116 valence electrons. The van der Waals surface area contributed by atoms with Gasteiger partial charge in [-0.2, -0.15) is 5.26 Å². The Hall–Kier alpha value is -2.58. The van der Waals surface area contributed by atoms with E-state index in [0.717, 1.165) is 12.2 Å². The van der Waals surface area contributed by atoms with E-state index in [1.807, 2.05) is 6.07 Å². The first kappa shape index (κ1) is 15.3. The Kier molecular flexibility index (Phi) is 4.45. The van der Waals surface area contributed by atoms with Crippen molar-refractivity contribution in [2.75, 3.05) is 13.1 Å². The molecule has 1 atom stereocenters. The van der Waals surface area contributed by atoms with Crippen molar-refractivity contribution in [3.63, 3.8) is 0 Å². The zero-order valence-corrected chi connectivity index (χ0v) is 13.0. The molecule has 0 radical (unpaired) electrons. The molecule has 0 bridgehead atoms. The highest BCUT2D eigenvalue weighted by Gasteiger charge is 2.29. The maximum absolute atomic E-state index is 12.6. The minimum absolute atomic E-state index is 0.0562. The Morgan fingerprint density at radius 3 is 2.87 bits per heavy atom. The first-order valence-corrected chi connectivity index (χ1v) is 7.61. The molecular formula is C17H14ClN3O2. The Balaban J connectivity index is 1.69. The van der Waals surface area contributed by atoms with Crippen molar-refractivity contribution in [3.8, 4) is 11.8 Å². The van der Waals surface area contributed by atoms with Gasteiger partial charge >= 0.3 is 0 Å². The maximum atomic E-state index is 12.6. The van der Waals surface area contributed by atoms with Crippen molar-refractivity contribution in [2.24, 2.45) is 0 Å². The Morgan fingerprint density at radius 1 is 1.35 bits per heavy atom. The SMILES string of the molecule is N#Cc1ccc(Cl)c(C(=O)N2CC[C@@H](Oc3ccncc3)C2)c1. The third-order valence-electron chi connectivity index (χ3n) is 3.71. The van der Waals surface area contributed by atoms with Crippen molar-refractivity contribution in [1.82, 2.24) is 9.88 Å². The third-order valence-corrected chi connectivity index (χ3v) is 4.04. The van der Waals surface area contributed by atoms with Crippen LogP contribution in [0, 0.1) is 11.3 Å². The van der Waals surface area contributed by atoms with Crippen molar-refractivity contribution in [2.45, 2.75) is 12.5 Å². The van der Waals surface area contributed by atoms with Gasteiger partial charge in [0.25, 0.3) is 5.91 Å². The fourth-order valence-electron chi connectivity index (χ4n) is 2.55. The van der Waals surface area contributed by atoms with Crippen LogP contribution in [0.2, 0.25) is 5.02 Å².